The van der Waals surface area contributed by atoms with E-state index in [1.165, 1.54) is 11.1 Å². The molecule has 0 atom stereocenters. The molecule has 0 radical (unpaired) electrons. The van der Waals surface area contributed by atoms with E-state index in [1.807, 2.05) is 24.3 Å². The predicted octanol–water partition coefficient (Wildman–Crippen LogP) is 4.92. The van der Waals surface area contributed by atoms with Gasteiger partial charge in [-0.3, -0.25) is 0 Å². The van der Waals surface area contributed by atoms with Crippen LogP contribution in [-0.4, -0.2) is 0 Å². The molecule has 0 bridgehead atoms. The van der Waals surface area contributed by atoms with Crippen LogP contribution in [0.3, 0.4) is 0 Å². The molecule has 0 aromatic heterocycles. The van der Waals surface area contributed by atoms with Crippen LogP contribution >= 0.6 is 27.7 Å². The fourth-order valence-electron chi connectivity index (χ4n) is 1.64. The number of nitrogens with zero attached hydrogens (tertiary/aromatic N) is 1. The molecule has 0 N–H and O–H groups in total. The Morgan fingerprint density at radius 1 is 1.22 bits per heavy atom. The van der Waals surface area contributed by atoms with Gasteiger partial charge in [0.15, 0.2) is 0 Å². The van der Waals surface area contributed by atoms with Crippen molar-refractivity contribution in [3.8, 4) is 6.07 Å². The van der Waals surface area contributed by atoms with E-state index in [0.29, 0.717) is 0 Å². The maximum atomic E-state index is 9.08. The van der Waals surface area contributed by atoms with Crippen LogP contribution in [0.25, 0.3) is 0 Å². The summed E-state index contributed by atoms with van der Waals surface area (Å²) >= 11 is 5.14. The second-order valence-electron chi connectivity index (χ2n) is 3.97. The van der Waals surface area contributed by atoms with Gasteiger partial charge in [0.05, 0.1) is 5.56 Å². The Hall–Kier alpha value is -1.24. The van der Waals surface area contributed by atoms with E-state index in [4.69, 9.17) is 5.26 Å². The van der Waals surface area contributed by atoms with Gasteiger partial charge in [-0.25, -0.2) is 0 Å². The van der Waals surface area contributed by atoms with Gasteiger partial charge in [-0.1, -0.05) is 40.2 Å². The molecule has 1 nitrogen and oxygen atoms in total. The zero-order chi connectivity index (χ0) is 13.0. The number of thioether (sulfide) groups is 1. The average Bonchev–Trinajstić information content (AvgIpc) is 2.38. The highest BCUT2D eigenvalue weighted by Crippen LogP contribution is 2.29. The summed E-state index contributed by atoms with van der Waals surface area (Å²) in [4.78, 5) is 1.02. The van der Waals surface area contributed by atoms with Crippen molar-refractivity contribution in [3.63, 3.8) is 0 Å². The summed E-state index contributed by atoms with van der Waals surface area (Å²) < 4.78 is 1.01. The Morgan fingerprint density at radius 2 is 2.00 bits per heavy atom. The molecule has 2 aromatic carbocycles. The predicted molar refractivity (Wildman–Crippen MR) is 79.6 cm³/mol. The van der Waals surface area contributed by atoms with E-state index in [1.54, 1.807) is 11.8 Å². The fourth-order valence-corrected chi connectivity index (χ4v) is 3.26. The van der Waals surface area contributed by atoms with Crippen LogP contribution in [0.5, 0.6) is 0 Å². The minimum atomic E-state index is 0.733. The SMILES string of the molecule is Cc1ccccc1CSc1cc(Br)ccc1C#N. The standard InChI is InChI=1S/C15H12BrNS/c1-11-4-2-3-5-13(11)10-18-15-8-14(16)7-6-12(15)9-17/h2-8H,10H2,1H3. The van der Waals surface area contributed by atoms with E-state index < -0.39 is 0 Å². The van der Waals surface area contributed by atoms with Gasteiger partial charge < -0.3 is 0 Å². The monoisotopic (exact) mass is 317 g/mol. The third-order valence-electron chi connectivity index (χ3n) is 2.71. The first-order valence-electron chi connectivity index (χ1n) is 5.57. The minimum Gasteiger partial charge on any atom is -0.192 e. The first kappa shape index (κ1) is 13.2. The molecule has 0 saturated heterocycles. The average molecular weight is 318 g/mol. The lowest BCUT2D eigenvalue weighted by Gasteiger charge is -2.07. The summed E-state index contributed by atoms with van der Waals surface area (Å²) in [7, 11) is 0. The molecule has 0 unspecified atom stereocenters. The van der Waals surface area contributed by atoms with Crippen LogP contribution in [0, 0.1) is 18.3 Å². The second kappa shape index (κ2) is 6.08. The number of halogens is 1. The molecule has 18 heavy (non-hydrogen) atoms. The summed E-state index contributed by atoms with van der Waals surface area (Å²) in [6, 6.07) is 16.3. The van der Waals surface area contributed by atoms with E-state index >= 15 is 0 Å². The number of rotatable bonds is 3. The van der Waals surface area contributed by atoms with E-state index in [0.717, 1.165) is 20.7 Å². The van der Waals surface area contributed by atoms with E-state index in [2.05, 4.69) is 47.1 Å². The summed E-state index contributed by atoms with van der Waals surface area (Å²) in [5.41, 5.74) is 3.33. The Kier molecular flexibility index (Phi) is 4.46. The van der Waals surface area contributed by atoms with Crippen molar-refractivity contribution < 1.29 is 0 Å². The number of nitriles is 1. The minimum absolute atomic E-state index is 0.733. The lowest BCUT2D eigenvalue weighted by atomic mass is 10.1. The van der Waals surface area contributed by atoms with Crippen LogP contribution in [0.2, 0.25) is 0 Å². The molecule has 2 aromatic rings. The van der Waals surface area contributed by atoms with Crippen molar-refractivity contribution >= 4 is 27.7 Å². The number of benzene rings is 2. The van der Waals surface area contributed by atoms with Crippen LogP contribution in [0.15, 0.2) is 51.8 Å². The molecule has 2 rings (SSSR count). The van der Waals surface area contributed by atoms with Crippen molar-refractivity contribution in [1.29, 1.82) is 5.26 Å². The smallest absolute Gasteiger partial charge is 0.100 e. The molecule has 0 aliphatic carbocycles. The lowest BCUT2D eigenvalue weighted by Crippen LogP contribution is -1.87. The topological polar surface area (TPSA) is 23.8 Å². The second-order valence-corrected chi connectivity index (χ2v) is 5.90. The van der Waals surface area contributed by atoms with Crippen LogP contribution in [-0.2, 0) is 5.75 Å². The molecule has 0 amide bonds. The molecule has 90 valence electrons. The van der Waals surface area contributed by atoms with Gasteiger partial charge in [0, 0.05) is 15.1 Å². The third-order valence-corrected chi connectivity index (χ3v) is 4.31. The van der Waals surface area contributed by atoms with Crippen molar-refractivity contribution in [2.45, 2.75) is 17.6 Å². The summed E-state index contributed by atoms with van der Waals surface area (Å²) in [5, 5.41) is 9.08. The third kappa shape index (κ3) is 3.16. The van der Waals surface area contributed by atoms with Crippen molar-refractivity contribution in [3.05, 3.63) is 63.6 Å². The maximum absolute atomic E-state index is 9.08. The van der Waals surface area contributed by atoms with Crippen LogP contribution < -0.4 is 0 Å². The molecule has 0 heterocycles. The van der Waals surface area contributed by atoms with Crippen molar-refractivity contribution in [2.75, 3.05) is 0 Å². The number of hydrogen-bond donors (Lipinski definition) is 0. The lowest BCUT2D eigenvalue weighted by molar-refractivity contribution is 1.29. The first-order valence-corrected chi connectivity index (χ1v) is 7.35. The highest BCUT2D eigenvalue weighted by Gasteiger charge is 2.05. The molecule has 0 aliphatic heterocycles. The Bertz CT molecular complexity index is 602. The van der Waals surface area contributed by atoms with Gasteiger partial charge in [-0.15, -0.1) is 11.8 Å². The molecule has 0 spiro atoms. The maximum Gasteiger partial charge on any atom is 0.100 e. The van der Waals surface area contributed by atoms with Gasteiger partial charge in [-0.2, -0.15) is 5.26 Å². The molecular formula is C15H12BrNS. The van der Waals surface area contributed by atoms with Gasteiger partial charge in [0.25, 0.3) is 0 Å². The summed E-state index contributed by atoms with van der Waals surface area (Å²) in [6.07, 6.45) is 0. The van der Waals surface area contributed by atoms with Crippen molar-refractivity contribution in [1.82, 2.24) is 0 Å². The zero-order valence-electron chi connectivity index (χ0n) is 9.98. The van der Waals surface area contributed by atoms with Crippen molar-refractivity contribution in [2.24, 2.45) is 0 Å². The quantitative estimate of drug-likeness (QED) is 0.750. The Morgan fingerprint density at radius 3 is 2.72 bits per heavy atom. The van der Waals surface area contributed by atoms with E-state index in [9.17, 15) is 0 Å². The Balaban J connectivity index is 2.18. The molecule has 3 heteroatoms. The normalized spacial score (nSPS) is 10.1. The van der Waals surface area contributed by atoms with Crippen LogP contribution in [0.4, 0.5) is 0 Å². The number of hydrogen-bond acceptors (Lipinski definition) is 2. The Labute approximate surface area is 120 Å². The van der Waals surface area contributed by atoms with Gasteiger partial charge in [0.1, 0.15) is 6.07 Å². The van der Waals surface area contributed by atoms with Crippen LogP contribution in [0.1, 0.15) is 16.7 Å². The molecular weight excluding hydrogens is 306 g/mol. The van der Waals surface area contributed by atoms with E-state index in [-0.39, 0.29) is 0 Å². The van der Waals surface area contributed by atoms with Gasteiger partial charge in [0.2, 0.25) is 0 Å². The molecule has 0 saturated carbocycles. The zero-order valence-corrected chi connectivity index (χ0v) is 12.4. The van der Waals surface area contributed by atoms with Gasteiger partial charge >= 0.3 is 0 Å². The highest BCUT2D eigenvalue weighted by molar-refractivity contribution is 9.10. The summed E-state index contributed by atoms with van der Waals surface area (Å²) in [5.74, 6) is 0.887. The fraction of sp³-hybridized carbons (Fsp3) is 0.133. The first-order chi connectivity index (χ1) is 8.70. The largest absolute Gasteiger partial charge is 0.192 e. The molecule has 0 fully saturated rings. The summed E-state index contributed by atoms with van der Waals surface area (Å²) in [6.45, 7) is 2.11. The highest BCUT2D eigenvalue weighted by atomic mass is 79.9. The number of aryl methyl sites for hydroxylation is 1. The molecule has 0 aliphatic rings. The van der Waals surface area contributed by atoms with Gasteiger partial charge in [-0.05, 0) is 36.2 Å².